The SMILES string of the molecule is Cc1ccc(S(=O)(=O)Nc2ccc(C(=O)NCc3ccncc3)cc2)cc1C. The zero-order chi connectivity index (χ0) is 20.1. The summed E-state index contributed by atoms with van der Waals surface area (Å²) in [6.07, 6.45) is 3.33. The van der Waals surface area contributed by atoms with Gasteiger partial charge in [-0.05, 0) is 79.1 Å². The van der Waals surface area contributed by atoms with Gasteiger partial charge in [-0.3, -0.25) is 14.5 Å². The van der Waals surface area contributed by atoms with Crippen molar-refractivity contribution in [1.82, 2.24) is 10.3 Å². The number of carbonyl (C=O) groups is 1. The molecule has 0 aliphatic heterocycles. The van der Waals surface area contributed by atoms with Crippen molar-refractivity contribution >= 4 is 21.6 Å². The number of carbonyl (C=O) groups excluding carboxylic acids is 1. The van der Waals surface area contributed by atoms with Gasteiger partial charge in [-0.2, -0.15) is 0 Å². The highest BCUT2D eigenvalue weighted by Crippen LogP contribution is 2.19. The molecule has 1 heterocycles. The number of amides is 1. The number of nitrogens with zero attached hydrogens (tertiary/aromatic N) is 1. The maximum absolute atomic E-state index is 12.5. The topological polar surface area (TPSA) is 88.2 Å². The minimum Gasteiger partial charge on any atom is -0.348 e. The molecule has 0 fully saturated rings. The van der Waals surface area contributed by atoms with Gasteiger partial charge < -0.3 is 5.32 Å². The Morgan fingerprint density at radius 2 is 1.61 bits per heavy atom. The van der Waals surface area contributed by atoms with Gasteiger partial charge in [0.1, 0.15) is 0 Å². The lowest BCUT2D eigenvalue weighted by molar-refractivity contribution is 0.0951. The van der Waals surface area contributed by atoms with Gasteiger partial charge in [0.2, 0.25) is 0 Å². The van der Waals surface area contributed by atoms with Crippen molar-refractivity contribution in [3.63, 3.8) is 0 Å². The van der Waals surface area contributed by atoms with Crippen molar-refractivity contribution in [1.29, 1.82) is 0 Å². The van der Waals surface area contributed by atoms with Crippen molar-refractivity contribution in [3.05, 3.63) is 89.2 Å². The number of aromatic nitrogens is 1. The molecular weight excluding hydrogens is 374 g/mol. The molecular formula is C21H21N3O3S. The minimum atomic E-state index is -3.69. The number of aryl methyl sites for hydroxylation is 2. The number of anilines is 1. The van der Waals surface area contributed by atoms with E-state index in [1.807, 2.05) is 26.0 Å². The number of benzene rings is 2. The summed E-state index contributed by atoms with van der Waals surface area (Å²) in [6, 6.07) is 14.9. The molecule has 0 aliphatic rings. The fraction of sp³-hybridized carbons (Fsp3) is 0.143. The zero-order valence-corrected chi connectivity index (χ0v) is 16.5. The summed E-state index contributed by atoms with van der Waals surface area (Å²) in [4.78, 5) is 16.4. The number of nitrogens with one attached hydrogen (secondary N) is 2. The Labute approximate surface area is 164 Å². The molecule has 1 amide bonds. The summed E-state index contributed by atoms with van der Waals surface area (Å²) in [5.41, 5.74) is 3.72. The van der Waals surface area contributed by atoms with Crippen molar-refractivity contribution in [2.75, 3.05) is 4.72 Å². The van der Waals surface area contributed by atoms with Crippen LogP contribution in [0.5, 0.6) is 0 Å². The smallest absolute Gasteiger partial charge is 0.261 e. The van der Waals surface area contributed by atoms with E-state index in [-0.39, 0.29) is 10.8 Å². The largest absolute Gasteiger partial charge is 0.348 e. The Kier molecular flexibility index (Phi) is 5.75. The quantitative estimate of drug-likeness (QED) is 0.669. The molecule has 0 bridgehead atoms. The fourth-order valence-electron chi connectivity index (χ4n) is 2.57. The van der Waals surface area contributed by atoms with Crippen LogP contribution in [0.15, 0.2) is 71.9 Å². The van der Waals surface area contributed by atoms with Crippen LogP contribution in [0.4, 0.5) is 5.69 Å². The molecule has 0 aliphatic carbocycles. The molecule has 3 rings (SSSR count). The van der Waals surface area contributed by atoms with Crippen LogP contribution in [0.3, 0.4) is 0 Å². The van der Waals surface area contributed by atoms with Crippen LogP contribution in [0.25, 0.3) is 0 Å². The van der Waals surface area contributed by atoms with Gasteiger partial charge >= 0.3 is 0 Å². The molecule has 28 heavy (non-hydrogen) atoms. The van der Waals surface area contributed by atoms with Gasteiger partial charge in [-0.25, -0.2) is 8.42 Å². The first-order chi connectivity index (χ1) is 13.3. The van der Waals surface area contributed by atoms with E-state index < -0.39 is 10.0 Å². The Morgan fingerprint density at radius 3 is 2.25 bits per heavy atom. The number of hydrogen-bond acceptors (Lipinski definition) is 4. The average Bonchev–Trinajstić information content (AvgIpc) is 2.69. The van der Waals surface area contributed by atoms with Crippen LogP contribution in [0.2, 0.25) is 0 Å². The molecule has 0 unspecified atom stereocenters. The van der Waals surface area contributed by atoms with E-state index in [0.29, 0.717) is 17.8 Å². The molecule has 6 nitrogen and oxygen atoms in total. The van der Waals surface area contributed by atoms with Crippen molar-refractivity contribution in [2.45, 2.75) is 25.3 Å². The lowest BCUT2D eigenvalue weighted by Gasteiger charge is -2.10. The van der Waals surface area contributed by atoms with Gasteiger partial charge in [-0.15, -0.1) is 0 Å². The molecule has 7 heteroatoms. The van der Waals surface area contributed by atoms with Gasteiger partial charge in [-0.1, -0.05) is 6.07 Å². The van der Waals surface area contributed by atoms with E-state index in [1.54, 1.807) is 54.9 Å². The number of pyridine rings is 1. The second-order valence-corrected chi connectivity index (χ2v) is 8.15. The van der Waals surface area contributed by atoms with Gasteiger partial charge in [0, 0.05) is 30.2 Å². The molecule has 1 aromatic heterocycles. The van der Waals surface area contributed by atoms with Gasteiger partial charge in [0.25, 0.3) is 15.9 Å². The normalized spacial score (nSPS) is 11.1. The first kappa shape index (κ1) is 19.6. The Balaban J connectivity index is 1.66. The van der Waals surface area contributed by atoms with E-state index in [0.717, 1.165) is 16.7 Å². The maximum Gasteiger partial charge on any atom is 0.261 e. The van der Waals surface area contributed by atoms with Crippen LogP contribution in [0, 0.1) is 13.8 Å². The van der Waals surface area contributed by atoms with Gasteiger partial charge in [0.15, 0.2) is 0 Å². The number of rotatable bonds is 6. The fourth-order valence-corrected chi connectivity index (χ4v) is 3.71. The van der Waals surface area contributed by atoms with Crippen molar-refractivity contribution in [3.8, 4) is 0 Å². The molecule has 0 radical (unpaired) electrons. The van der Waals surface area contributed by atoms with Crippen LogP contribution in [-0.4, -0.2) is 19.3 Å². The van der Waals surface area contributed by atoms with Crippen molar-refractivity contribution < 1.29 is 13.2 Å². The summed E-state index contributed by atoms with van der Waals surface area (Å²) in [6.45, 7) is 4.19. The summed E-state index contributed by atoms with van der Waals surface area (Å²) < 4.78 is 27.6. The Morgan fingerprint density at radius 1 is 0.929 bits per heavy atom. The molecule has 2 N–H and O–H groups in total. The van der Waals surface area contributed by atoms with Crippen molar-refractivity contribution in [2.24, 2.45) is 0 Å². The second kappa shape index (κ2) is 8.22. The molecule has 0 spiro atoms. The van der Waals surface area contributed by atoms with Crippen LogP contribution in [-0.2, 0) is 16.6 Å². The maximum atomic E-state index is 12.5. The van der Waals surface area contributed by atoms with Crippen LogP contribution in [0.1, 0.15) is 27.0 Å². The predicted molar refractivity (Wildman–Crippen MR) is 109 cm³/mol. The highest BCUT2D eigenvalue weighted by Gasteiger charge is 2.15. The lowest BCUT2D eigenvalue weighted by atomic mass is 10.1. The van der Waals surface area contributed by atoms with Crippen LogP contribution < -0.4 is 10.0 Å². The van der Waals surface area contributed by atoms with Gasteiger partial charge in [0.05, 0.1) is 4.90 Å². The molecule has 0 saturated carbocycles. The number of sulfonamides is 1. The predicted octanol–water partition coefficient (Wildman–Crippen LogP) is 3.43. The molecule has 144 valence electrons. The molecule has 2 aromatic carbocycles. The Bertz CT molecular complexity index is 1080. The standard InChI is InChI=1S/C21H21N3O3S/c1-15-3-8-20(13-16(15)2)28(26,27)24-19-6-4-18(5-7-19)21(25)23-14-17-9-11-22-12-10-17/h3-13,24H,14H2,1-2H3,(H,23,25). The van der Waals surface area contributed by atoms with E-state index in [1.165, 1.54) is 0 Å². The molecule has 0 saturated heterocycles. The monoisotopic (exact) mass is 395 g/mol. The van der Waals surface area contributed by atoms with Crippen LogP contribution >= 0.6 is 0 Å². The third kappa shape index (κ3) is 4.75. The second-order valence-electron chi connectivity index (χ2n) is 6.47. The summed E-state index contributed by atoms with van der Waals surface area (Å²) in [5.74, 6) is -0.236. The highest BCUT2D eigenvalue weighted by molar-refractivity contribution is 7.92. The highest BCUT2D eigenvalue weighted by atomic mass is 32.2. The van der Waals surface area contributed by atoms with E-state index in [4.69, 9.17) is 0 Å². The average molecular weight is 395 g/mol. The Hall–Kier alpha value is -3.19. The lowest BCUT2D eigenvalue weighted by Crippen LogP contribution is -2.22. The summed E-state index contributed by atoms with van der Waals surface area (Å²) in [7, 11) is -3.69. The third-order valence-electron chi connectivity index (χ3n) is 4.39. The van der Waals surface area contributed by atoms with E-state index in [9.17, 15) is 13.2 Å². The first-order valence-electron chi connectivity index (χ1n) is 8.72. The van der Waals surface area contributed by atoms with E-state index in [2.05, 4.69) is 15.0 Å². The molecule has 3 aromatic rings. The minimum absolute atomic E-state index is 0.203. The summed E-state index contributed by atoms with van der Waals surface area (Å²) >= 11 is 0. The van der Waals surface area contributed by atoms with E-state index >= 15 is 0 Å². The zero-order valence-electron chi connectivity index (χ0n) is 15.6. The summed E-state index contributed by atoms with van der Waals surface area (Å²) in [5, 5.41) is 2.81. The number of hydrogen-bond donors (Lipinski definition) is 2. The molecule has 0 atom stereocenters. The first-order valence-corrected chi connectivity index (χ1v) is 10.2. The third-order valence-corrected chi connectivity index (χ3v) is 5.77.